The van der Waals surface area contributed by atoms with E-state index in [0.717, 1.165) is 30.4 Å². The molecular weight excluding hydrogens is 350 g/mol. The second kappa shape index (κ2) is 9.89. The van der Waals surface area contributed by atoms with Gasteiger partial charge in [-0.2, -0.15) is 0 Å². The lowest BCUT2D eigenvalue weighted by Crippen LogP contribution is -2.25. The van der Waals surface area contributed by atoms with Crippen LogP contribution < -0.4 is 10.1 Å². The maximum Gasteiger partial charge on any atom is 0.316 e. The van der Waals surface area contributed by atoms with Crippen molar-refractivity contribution >= 4 is 5.91 Å². The Morgan fingerprint density at radius 3 is 2.46 bits per heavy atom. The van der Waals surface area contributed by atoms with E-state index in [9.17, 15) is 4.79 Å². The zero-order chi connectivity index (χ0) is 19.8. The first-order valence-corrected chi connectivity index (χ1v) is 10.0. The Hall–Kier alpha value is -2.87. The van der Waals surface area contributed by atoms with Crippen LogP contribution in [0.1, 0.15) is 68.6 Å². The average Bonchev–Trinajstić information content (AvgIpc) is 2.69. The van der Waals surface area contributed by atoms with Gasteiger partial charge in [-0.25, -0.2) is 9.97 Å². The van der Waals surface area contributed by atoms with Crippen molar-refractivity contribution in [2.24, 2.45) is 0 Å². The zero-order valence-corrected chi connectivity index (χ0v) is 16.6. The number of aromatic nitrogens is 2. The van der Waals surface area contributed by atoms with Gasteiger partial charge in [0.1, 0.15) is 6.10 Å². The molecule has 1 aliphatic carbocycles. The average molecular weight is 377 g/mol. The summed E-state index contributed by atoms with van der Waals surface area (Å²) in [6.45, 7) is 4.76. The SMILES string of the molecule is CCNC(=O)CCC(C)c1ccc(C#Cc2cnc(OC3CCC3)nc2)cc1. The van der Waals surface area contributed by atoms with Gasteiger partial charge >= 0.3 is 6.01 Å². The van der Waals surface area contributed by atoms with Crippen LogP contribution in [0.15, 0.2) is 36.7 Å². The van der Waals surface area contributed by atoms with Gasteiger partial charge in [-0.15, -0.1) is 0 Å². The molecule has 0 bridgehead atoms. The first-order chi connectivity index (χ1) is 13.6. The van der Waals surface area contributed by atoms with Crippen molar-refractivity contribution in [3.8, 4) is 17.9 Å². The van der Waals surface area contributed by atoms with Gasteiger partial charge in [0, 0.05) is 30.9 Å². The van der Waals surface area contributed by atoms with Crippen LogP contribution in [0.3, 0.4) is 0 Å². The van der Waals surface area contributed by atoms with E-state index in [2.05, 4.69) is 46.2 Å². The van der Waals surface area contributed by atoms with Crippen LogP contribution in [0.4, 0.5) is 0 Å². The van der Waals surface area contributed by atoms with Gasteiger partial charge in [0.05, 0.1) is 5.56 Å². The summed E-state index contributed by atoms with van der Waals surface area (Å²) in [4.78, 5) is 20.1. The minimum Gasteiger partial charge on any atom is -0.460 e. The molecule has 1 aromatic carbocycles. The van der Waals surface area contributed by atoms with E-state index in [4.69, 9.17) is 4.74 Å². The highest BCUT2D eigenvalue weighted by atomic mass is 16.5. The van der Waals surface area contributed by atoms with Crippen LogP contribution in [-0.2, 0) is 4.79 Å². The highest BCUT2D eigenvalue weighted by Gasteiger charge is 2.19. The van der Waals surface area contributed by atoms with E-state index in [1.165, 1.54) is 12.0 Å². The molecule has 0 spiro atoms. The van der Waals surface area contributed by atoms with Gasteiger partial charge in [0.15, 0.2) is 0 Å². The van der Waals surface area contributed by atoms with Crippen LogP contribution in [0.5, 0.6) is 6.01 Å². The van der Waals surface area contributed by atoms with Crippen molar-refractivity contribution in [2.75, 3.05) is 6.54 Å². The summed E-state index contributed by atoms with van der Waals surface area (Å²) in [5.41, 5.74) is 2.92. The summed E-state index contributed by atoms with van der Waals surface area (Å²) >= 11 is 0. The predicted octanol–water partition coefficient (Wildman–Crippen LogP) is 3.83. The fourth-order valence-corrected chi connectivity index (χ4v) is 2.92. The van der Waals surface area contributed by atoms with Gasteiger partial charge in [0.2, 0.25) is 5.91 Å². The van der Waals surface area contributed by atoms with E-state index in [1.807, 2.05) is 19.1 Å². The number of amides is 1. The molecule has 28 heavy (non-hydrogen) atoms. The monoisotopic (exact) mass is 377 g/mol. The highest BCUT2D eigenvalue weighted by Crippen LogP contribution is 2.23. The Bertz CT molecular complexity index is 831. The fraction of sp³-hybridized carbons (Fsp3) is 0.435. The second-order valence-corrected chi connectivity index (χ2v) is 7.19. The maximum atomic E-state index is 11.6. The number of hydrogen-bond donors (Lipinski definition) is 1. The molecule has 146 valence electrons. The molecule has 0 aliphatic heterocycles. The van der Waals surface area contributed by atoms with Crippen molar-refractivity contribution in [3.05, 3.63) is 53.3 Å². The summed E-state index contributed by atoms with van der Waals surface area (Å²) in [6, 6.07) is 8.62. The van der Waals surface area contributed by atoms with Crippen LogP contribution in [-0.4, -0.2) is 28.5 Å². The molecule has 0 radical (unpaired) electrons. The molecule has 5 nitrogen and oxygen atoms in total. The lowest BCUT2D eigenvalue weighted by molar-refractivity contribution is -0.121. The molecule has 1 fully saturated rings. The quantitative estimate of drug-likeness (QED) is 0.745. The largest absolute Gasteiger partial charge is 0.460 e. The Labute approximate surface area is 166 Å². The van der Waals surface area contributed by atoms with Crippen LogP contribution in [0.25, 0.3) is 0 Å². The molecule has 2 aromatic rings. The molecule has 1 aliphatic rings. The lowest BCUT2D eigenvalue weighted by Gasteiger charge is -2.24. The van der Waals surface area contributed by atoms with Crippen molar-refractivity contribution < 1.29 is 9.53 Å². The van der Waals surface area contributed by atoms with Gasteiger partial charge in [-0.1, -0.05) is 30.9 Å². The van der Waals surface area contributed by atoms with Crippen molar-refractivity contribution in [2.45, 2.75) is 58.0 Å². The van der Waals surface area contributed by atoms with E-state index >= 15 is 0 Å². The van der Waals surface area contributed by atoms with Gasteiger partial charge in [0.25, 0.3) is 0 Å². The molecule has 3 rings (SSSR count). The summed E-state index contributed by atoms with van der Waals surface area (Å²) in [7, 11) is 0. The van der Waals surface area contributed by atoms with Gasteiger partial charge in [-0.3, -0.25) is 4.79 Å². The van der Waals surface area contributed by atoms with Crippen molar-refractivity contribution in [1.82, 2.24) is 15.3 Å². The first-order valence-electron chi connectivity index (χ1n) is 10.0. The number of ether oxygens (including phenoxy) is 1. The standard InChI is InChI=1S/C23H27N3O2/c1-3-24-22(27)14-7-17(2)20-12-10-18(11-13-20)8-9-19-15-25-23(26-16-19)28-21-5-4-6-21/h10-13,15-17,21H,3-7,14H2,1-2H3,(H,24,27). The third-order valence-corrected chi connectivity index (χ3v) is 4.96. The summed E-state index contributed by atoms with van der Waals surface area (Å²) in [5.74, 6) is 6.68. The number of nitrogens with one attached hydrogen (secondary N) is 1. The summed E-state index contributed by atoms with van der Waals surface area (Å²) in [5, 5.41) is 2.84. The number of benzene rings is 1. The molecule has 1 unspecified atom stereocenters. The molecule has 1 amide bonds. The number of nitrogens with zero attached hydrogens (tertiary/aromatic N) is 2. The first kappa shape index (κ1) is 19.9. The molecule has 1 aromatic heterocycles. The molecule has 1 atom stereocenters. The minimum atomic E-state index is 0.114. The van der Waals surface area contributed by atoms with Crippen LogP contribution >= 0.6 is 0 Å². The van der Waals surface area contributed by atoms with Gasteiger partial charge < -0.3 is 10.1 Å². The Morgan fingerprint density at radius 2 is 1.86 bits per heavy atom. The maximum absolute atomic E-state index is 11.6. The van der Waals surface area contributed by atoms with Crippen LogP contribution in [0, 0.1) is 11.8 Å². The Balaban J connectivity index is 1.53. The van der Waals surface area contributed by atoms with E-state index < -0.39 is 0 Å². The third kappa shape index (κ3) is 5.82. The predicted molar refractivity (Wildman–Crippen MR) is 109 cm³/mol. The molecule has 1 saturated carbocycles. The number of carbonyl (C=O) groups is 1. The Morgan fingerprint density at radius 1 is 1.18 bits per heavy atom. The van der Waals surface area contributed by atoms with Crippen molar-refractivity contribution in [1.29, 1.82) is 0 Å². The van der Waals surface area contributed by atoms with Crippen LogP contribution in [0.2, 0.25) is 0 Å². The highest BCUT2D eigenvalue weighted by molar-refractivity contribution is 5.75. The fourth-order valence-electron chi connectivity index (χ4n) is 2.92. The summed E-state index contributed by atoms with van der Waals surface area (Å²) < 4.78 is 5.66. The van der Waals surface area contributed by atoms with E-state index in [-0.39, 0.29) is 12.0 Å². The zero-order valence-electron chi connectivity index (χ0n) is 16.6. The number of rotatable bonds is 7. The molecule has 5 heteroatoms. The topological polar surface area (TPSA) is 64.1 Å². The molecule has 1 N–H and O–H groups in total. The molecular formula is C23H27N3O2. The second-order valence-electron chi connectivity index (χ2n) is 7.19. The van der Waals surface area contributed by atoms with Crippen molar-refractivity contribution in [3.63, 3.8) is 0 Å². The molecule has 1 heterocycles. The lowest BCUT2D eigenvalue weighted by atomic mass is 9.95. The number of carbonyl (C=O) groups excluding carboxylic acids is 1. The van der Waals surface area contributed by atoms with Gasteiger partial charge in [-0.05, 0) is 56.2 Å². The minimum absolute atomic E-state index is 0.114. The van der Waals surface area contributed by atoms with E-state index in [1.54, 1.807) is 12.4 Å². The number of hydrogen-bond acceptors (Lipinski definition) is 4. The van der Waals surface area contributed by atoms with E-state index in [0.29, 0.717) is 24.9 Å². The third-order valence-electron chi connectivity index (χ3n) is 4.96. The summed E-state index contributed by atoms with van der Waals surface area (Å²) in [6.07, 6.45) is 8.47. The Kier molecular flexibility index (Phi) is 7.02. The smallest absolute Gasteiger partial charge is 0.316 e. The normalized spacial score (nSPS) is 14.4. The molecule has 0 saturated heterocycles.